The van der Waals surface area contributed by atoms with Crippen LogP contribution in [-0.4, -0.2) is 52.0 Å². The van der Waals surface area contributed by atoms with Crippen molar-refractivity contribution in [2.24, 2.45) is 0 Å². The molecule has 0 spiro atoms. The topological polar surface area (TPSA) is 84.9 Å². The fourth-order valence-corrected chi connectivity index (χ4v) is 5.03. The number of methoxy groups -OCH3 is 1. The van der Waals surface area contributed by atoms with E-state index in [1.165, 1.54) is 10.4 Å². The molecule has 1 aliphatic rings. The van der Waals surface area contributed by atoms with Crippen LogP contribution in [0.3, 0.4) is 0 Å². The molecule has 4 rings (SSSR count). The zero-order valence-electron chi connectivity index (χ0n) is 18.4. The Morgan fingerprint density at radius 1 is 1.03 bits per heavy atom. The van der Waals surface area contributed by atoms with Crippen molar-refractivity contribution in [3.05, 3.63) is 77.9 Å². The largest absolute Gasteiger partial charge is 0.497 e. The van der Waals surface area contributed by atoms with Gasteiger partial charge in [-0.25, -0.2) is 8.42 Å². The highest BCUT2D eigenvalue weighted by Crippen LogP contribution is 2.22. The number of nitrogens with zero attached hydrogens (tertiary/aromatic N) is 1. The van der Waals surface area contributed by atoms with E-state index in [4.69, 9.17) is 9.47 Å². The van der Waals surface area contributed by atoms with E-state index in [1.807, 2.05) is 36.4 Å². The summed E-state index contributed by atoms with van der Waals surface area (Å²) in [6.45, 7) is 1.93. The molecule has 0 unspecified atom stereocenters. The zero-order valence-corrected chi connectivity index (χ0v) is 19.2. The number of hydrogen-bond acceptors (Lipinski definition) is 5. The first kappa shape index (κ1) is 23.0. The van der Waals surface area contributed by atoms with E-state index in [-0.39, 0.29) is 10.8 Å². The van der Waals surface area contributed by atoms with Gasteiger partial charge in [-0.05, 0) is 58.3 Å². The number of hydrogen-bond donors (Lipinski definition) is 1. The number of nitrogens with one attached hydrogen (secondary N) is 1. The van der Waals surface area contributed by atoms with Crippen molar-refractivity contribution in [2.45, 2.75) is 11.4 Å². The van der Waals surface area contributed by atoms with Crippen molar-refractivity contribution < 1.29 is 22.7 Å². The average Bonchev–Trinajstić information content (AvgIpc) is 2.86. The molecule has 172 valence electrons. The van der Waals surface area contributed by atoms with Crippen LogP contribution in [0.4, 0.5) is 0 Å². The molecule has 0 radical (unpaired) electrons. The molecule has 0 bridgehead atoms. The minimum absolute atomic E-state index is 0.227. The average molecular weight is 467 g/mol. The lowest BCUT2D eigenvalue weighted by atomic mass is 10.1. The molecule has 33 heavy (non-hydrogen) atoms. The van der Waals surface area contributed by atoms with Gasteiger partial charge in [0.05, 0.1) is 25.2 Å². The summed E-state index contributed by atoms with van der Waals surface area (Å²) in [6, 6.07) is 18.4. The smallest absolute Gasteiger partial charge is 0.244 e. The minimum Gasteiger partial charge on any atom is -0.497 e. The molecule has 3 aromatic rings. The summed E-state index contributed by atoms with van der Waals surface area (Å²) in [5.74, 6) is 0.579. The predicted octanol–water partition coefficient (Wildman–Crippen LogP) is 3.20. The molecule has 3 aromatic carbocycles. The molecule has 1 saturated heterocycles. The van der Waals surface area contributed by atoms with E-state index in [0.29, 0.717) is 32.8 Å². The lowest BCUT2D eigenvalue weighted by Gasteiger charge is -2.26. The quantitative estimate of drug-likeness (QED) is 0.541. The van der Waals surface area contributed by atoms with Gasteiger partial charge < -0.3 is 14.8 Å². The molecule has 1 aliphatic heterocycles. The first-order valence-electron chi connectivity index (χ1n) is 10.7. The Bertz CT molecular complexity index is 1260. The molecule has 0 atom stereocenters. The van der Waals surface area contributed by atoms with Crippen molar-refractivity contribution in [3.63, 3.8) is 0 Å². The van der Waals surface area contributed by atoms with Crippen LogP contribution in [0, 0.1) is 0 Å². The highest BCUT2D eigenvalue weighted by atomic mass is 32.2. The van der Waals surface area contributed by atoms with Crippen molar-refractivity contribution in [1.82, 2.24) is 9.62 Å². The van der Waals surface area contributed by atoms with E-state index >= 15 is 0 Å². The summed E-state index contributed by atoms with van der Waals surface area (Å²) in [6.07, 6.45) is 3.10. The lowest BCUT2D eigenvalue weighted by Crippen LogP contribution is -2.40. The summed E-state index contributed by atoms with van der Waals surface area (Å²) in [5, 5.41) is 5.02. The molecule has 1 heterocycles. The number of sulfonamides is 1. The van der Waals surface area contributed by atoms with Gasteiger partial charge in [0.25, 0.3) is 0 Å². The van der Waals surface area contributed by atoms with Gasteiger partial charge in [0.2, 0.25) is 15.9 Å². The summed E-state index contributed by atoms with van der Waals surface area (Å²) >= 11 is 0. The first-order valence-corrected chi connectivity index (χ1v) is 12.1. The van der Waals surface area contributed by atoms with Gasteiger partial charge in [-0.1, -0.05) is 30.3 Å². The Labute approximate surface area is 193 Å². The Hall–Kier alpha value is -3.20. The Morgan fingerprint density at radius 2 is 1.73 bits per heavy atom. The van der Waals surface area contributed by atoms with Gasteiger partial charge in [-0.15, -0.1) is 0 Å². The van der Waals surface area contributed by atoms with E-state index in [0.717, 1.165) is 27.6 Å². The number of fused-ring (bicyclic) bond motifs is 1. The molecule has 0 aliphatic carbocycles. The van der Waals surface area contributed by atoms with Gasteiger partial charge >= 0.3 is 0 Å². The number of benzene rings is 3. The van der Waals surface area contributed by atoms with E-state index in [9.17, 15) is 13.2 Å². The number of morpholine rings is 1. The van der Waals surface area contributed by atoms with Gasteiger partial charge in [0.1, 0.15) is 5.75 Å². The number of ether oxygens (including phenoxy) is 2. The van der Waals surface area contributed by atoms with Crippen LogP contribution in [0.25, 0.3) is 16.8 Å². The van der Waals surface area contributed by atoms with Crippen molar-refractivity contribution in [2.75, 3.05) is 33.4 Å². The zero-order chi connectivity index (χ0) is 23.3. The highest BCUT2D eigenvalue weighted by Gasteiger charge is 2.25. The standard InChI is InChI=1S/C25H26N2O5S/c1-31-23-8-7-21-16-20(2-6-22(21)17-23)18-26-25(28)11-5-19-3-9-24(10-4-19)33(29,30)27-12-14-32-15-13-27/h2-11,16-17H,12-15,18H2,1H3,(H,26,28)/b11-5+. The molecule has 1 N–H and O–H groups in total. The molecular weight excluding hydrogens is 440 g/mol. The van der Waals surface area contributed by atoms with Gasteiger partial charge in [0, 0.05) is 25.7 Å². The summed E-state index contributed by atoms with van der Waals surface area (Å²) in [4.78, 5) is 12.5. The molecule has 8 heteroatoms. The Balaban J connectivity index is 1.34. The maximum atomic E-state index is 12.7. The third-order valence-corrected chi connectivity index (χ3v) is 7.41. The maximum absolute atomic E-state index is 12.7. The second-order valence-corrected chi connectivity index (χ2v) is 9.62. The minimum atomic E-state index is -3.53. The van der Waals surface area contributed by atoms with E-state index in [2.05, 4.69) is 5.32 Å². The fraction of sp³-hybridized carbons (Fsp3) is 0.240. The molecule has 1 fully saturated rings. The molecule has 0 saturated carbocycles. The number of carbonyl (C=O) groups excluding carboxylic acids is 1. The summed E-state index contributed by atoms with van der Waals surface area (Å²) < 4.78 is 37.3. The fourth-order valence-electron chi connectivity index (χ4n) is 3.62. The molecular formula is C25H26N2O5S. The SMILES string of the molecule is COc1ccc2cc(CNC(=O)/C=C/c3ccc(S(=O)(=O)N4CCOCC4)cc3)ccc2c1. The second-order valence-electron chi connectivity index (χ2n) is 7.68. The third kappa shape index (κ3) is 5.60. The van der Waals surface area contributed by atoms with E-state index in [1.54, 1.807) is 37.5 Å². The van der Waals surface area contributed by atoms with Crippen molar-refractivity contribution in [1.29, 1.82) is 0 Å². The van der Waals surface area contributed by atoms with E-state index < -0.39 is 10.0 Å². The highest BCUT2D eigenvalue weighted by molar-refractivity contribution is 7.89. The molecule has 7 nitrogen and oxygen atoms in total. The maximum Gasteiger partial charge on any atom is 0.244 e. The Kier molecular flexibility index (Phi) is 7.08. The van der Waals surface area contributed by atoms with Gasteiger partial charge in [-0.2, -0.15) is 4.31 Å². The number of carbonyl (C=O) groups is 1. The molecule has 0 aromatic heterocycles. The van der Waals surface area contributed by atoms with Crippen LogP contribution in [0.5, 0.6) is 5.75 Å². The summed E-state index contributed by atoms with van der Waals surface area (Å²) in [7, 11) is -1.89. The van der Waals surface area contributed by atoms with Crippen molar-refractivity contribution >= 4 is 32.8 Å². The number of amides is 1. The number of rotatable bonds is 7. The van der Waals surface area contributed by atoms with Crippen LogP contribution < -0.4 is 10.1 Å². The van der Waals surface area contributed by atoms with Crippen LogP contribution in [-0.2, 0) is 26.1 Å². The normalized spacial score (nSPS) is 15.1. The first-order chi connectivity index (χ1) is 16.0. The third-order valence-electron chi connectivity index (χ3n) is 5.49. The summed E-state index contributed by atoms with van der Waals surface area (Å²) in [5.41, 5.74) is 1.73. The van der Waals surface area contributed by atoms with Gasteiger partial charge in [-0.3, -0.25) is 4.79 Å². The van der Waals surface area contributed by atoms with Crippen LogP contribution >= 0.6 is 0 Å². The predicted molar refractivity (Wildman–Crippen MR) is 127 cm³/mol. The second kappa shape index (κ2) is 10.2. The van der Waals surface area contributed by atoms with Crippen molar-refractivity contribution in [3.8, 4) is 5.75 Å². The van der Waals surface area contributed by atoms with Crippen LogP contribution in [0.15, 0.2) is 71.6 Å². The van der Waals surface area contributed by atoms with Crippen LogP contribution in [0.1, 0.15) is 11.1 Å². The Morgan fingerprint density at radius 3 is 2.45 bits per heavy atom. The van der Waals surface area contributed by atoms with Crippen LogP contribution in [0.2, 0.25) is 0 Å². The van der Waals surface area contributed by atoms with Gasteiger partial charge in [0.15, 0.2) is 0 Å². The lowest BCUT2D eigenvalue weighted by molar-refractivity contribution is -0.116. The molecule has 1 amide bonds. The monoisotopic (exact) mass is 466 g/mol.